The molecule has 0 radical (unpaired) electrons. The van der Waals surface area contributed by atoms with Gasteiger partial charge in [0.2, 0.25) is 0 Å². The second-order valence-corrected chi connectivity index (χ2v) is 5.43. The van der Waals surface area contributed by atoms with Crippen molar-refractivity contribution in [2.75, 3.05) is 26.2 Å². The van der Waals surface area contributed by atoms with Gasteiger partial charge < -0.3 is 20.6 Å². The summed E-state index contributed by atoms with van der Waals surface area (Å²) in [5.41, 5.74) is -0.0630. The highest BCUT2D eigenvalue weighted by molar-refractivity contribution is 5.99. The molecule has 0 bridgehead atoms. The van der Waals surface area contributed by atoms with E-state index in [0.29, 0.717) is 19.5 Å². The molecular formula is C14H22N4O3. The zero-order valence-electron chi connectivity index (χ0n) is 12.4. The van der Waals surface area contributed by atoms with E-state index >= 15 is 0 Å². The molecule has 1 saturated heterocycles. The predicted molar refractivity (Wildman–Crippen MR) is 77.2 cm³/mol. The Morgan fingerprint density at radius 2 is 2.05 bits per heavy atom. The minimum Gasteiger partial charge on any atom is -0.480 e. The van der Waals surface area contributed by atoms with E-state index in [1.807, 2.05) is 24.8 Å². The summed E-state index contributed by atoms with van der Waals surface area (Å²) < 4.78 is 0. The third kappa shape index (κ3) is 5.83. The molecule has 1 amide bonds. The highest BCUT2D eigenvalue weighted by Crippen LogP contribution is 2.07. The number of nitrogens with zero attached hydrogens (tertiary/aromatic N) is 2. The summed E-state index contributed by atoms with van der Waals surface area (Å²) in [4.78, 5) is 25.1. The molecule has 0 saturated carbocycles. The maximum absolute atomic E-state index is 12.0. The molecule has 1 unspecified atom stereocenters. The normalized spacial score (nSPS) is 17.2. The SMILES string of the molecule is CC(C)CC(NC(=O)/C(C#N)=C\N1CCNCC1)C(=O)O. The quantitative estimate of drug-likeness (QED) is 0.467. The zero-order chi connectivity index (χ0) is 15.8. The number of nitrogens with one attached hydrogen (secondary N) is 2. The van der Waals surface area contributed by atoms with E-state index in [1.165, 1.54) is 6.20 Å². The number of rotatable bonds is 6. The first kappa shape index (κ1) is 17.0. The number of carboxylic acids is 1. The summed E-state index contributed by atoms with van der Waals surface area (Å²) >= 11 is 0. The van der Waals surface area contributed by atoms with Crippen LogP contribution in [0.3, 0.4) is 0 Å². The highest BCUT2D eigenvalue weighted by atomic mass is 16.4. The van der Waals surface area contributed by atoms with Crippen LogP contribution in [0.15, 0.2) is 11.8 Å². The first-order valence-corrected chi connectivity index (χ1v) is 7.04. The van der Waals surface area contributed by atoms with Crippen LogP contribution in [0.25, 0.3) is 0 Å². The molecule has 0 aliphatic carbocycles. The Morgan fingerprint density at radius 1 is 1.43 bits per heavy atom. The molecule has 21 heavy (non-hydrogen) atoms. The summed E-state index contributed by atoms with van der Waals surface area (Å²) in [6, 6.07) is 0.866. The number of hydrogen-bond acceptors (Lipinski definition) is 5. The van der Waals surface area contributed by atoms with Crippen molar-refractivity contribution >= 4 is 11.9 Å². The Balaban J connectivity index is 2.71. The van der Waals surface area contributed by atoms with Crippen LogP contribution in [-0.4, -0.2) is 54.1 Å². The monoisotopic (exact) mass is 294 g/mol. The van der Waals surface area contributed by atoms with Gasteiger partial charge in [-0.1, -0.05) is 13.8 Å². The summed E-state index contributed by atoms with van der Waals surface area (Å²) in [6.45, 7) is 6.78. The van der Waals surface area contributed by atoms with E-state index in [4.69, 9.17) is 10.4 Å². The number of amides is 1. The van der Waals surface area contributed by atoms with Crippen LogP contribution in [0.1, 0.15) is 20.3 Å². The van der Waals surface area contributed by atoms with Crippen molar-refractivity contribution in [2.24, 2.45) is 5.92 Å². The standard InChI is InChI=1S/C14H22N4O3/c1-10(2)7-12(14(20)21)17-13(19)11(8-15)9-18-5-3-16-4-6-18/h9-10,12,16H,3-7H2,1-2H3,(H,17,19)(H,20,21)/b11-9-. The minimum absolute atomic E-state index is 0.0630. The van der Waals surface area contributed by atoms with Gasteiger partial charge in [0, 0.05) is 32.4 Å². The lowest BCUT2D eigenvalue weighted by Gasteiger charge is -2.26. The van der Waals surface area contributed by atoms with Gasteiger partial charge in [0.25, 0.3) is 5.91 Å². The van der Waals surface area contributed by atoms with Gasteiger partial charge in [0.1, 0.15) is 17.7 Å². The minimum atomic E-state index is -1.09. The molecule has 1 fully saturated rings. The van der Waals surface area contributed by atoms with Crippen molar-refractivity contribution in [1.29, 1.82) is 5.26 Å². The maximum atomic E-state index is 12.0. The summed E-state index contributed by atoms with van der Waals surface area (Å²) in [7, 11) is 0. The van der Waals surface area contributed by atoms with Gasteiger partial charge in [-0.05, 0) is 12.3 Å². The average Bonchev–Trinajstić information content (AvgIpc) is 2.44. The second-order valence-electron chi connectivity index (χ2n) is 5.43. The second kappa shape index (κ2) is 8.27. The largest absolute Gasteiger partial charge is 0.480 e. The lowest BCUT2D eigenvalue weighted by molar-refractivity contribution is -0.141. The molecule has 1 aliphatic rings. The van der Waals surface area contributed by atoms with E-state index in [0.717, 1.165) is 13.1 Å². The Labute approximate surface area is 124 Å². The fourth-order valence-electron chi connectivity index (χ4n) is 2.06. The van der Waals surface area contributed by atoms with Crippen LogP contribution < -0.4 is 10.6 Å². The Morgan fingerprint density at radius 3 is 2.52 bits per heavy atom. The van der Waals surface area contributed by atoms with Gasteiger partial charge in [-0.15, -0.1) is 0 Å². The molecule has 0 spiro atoms. The number of carbonyl (C=O) groups excluding carboxylic acids is 1. The Kier molecular flexibility index (Phi) is 6.69. The first-order valence-electron chi connectivity index (χ1n) is 7.04. The van der Waals surface area contributed by atoms with Gasteiger partial charge in [-0.25, -0.2) is 4.79 Å². The van der Waals surface area contributed by atoms with Crippen molar-refractivity contribution in [3.63, 3.8) is 0 Å². The number of hydrogen-bond donors (Lipinski definition) is 3. The number of carbonyl (C=O) groups is 2. The van der Waals surface area contributed by atoms with Crippen LogP contribution in [0, 0.1) is 17.2 Å². The van der Waals surface area contributed by atoms with Crippen LogP contribution in [0.4, 0.5) is 0 Å². The van der Waals surface area contributed by atoms with E-state index < -0.39 is 17.9 Å². The molecule has 1 heterocycles. The van der Waals surface area contributed by atoms with Crippen LogP contribution in [0.2, 0.25) is 0 Å². The van der Waals surface area contributed by atoms with E-state index in [2.05, 4.69) is 10.6 Å². The van der Waals surface area contributed by atoms with Crippen molar-refractivity contribution in [3.8, 4) is 6.07 Å². The molecule has 7 heteroatoms. The van der Waals surface area contributed by atoms with E-state index in [9.17, 15) is 9.59 Å². The molecule has 1 aliphatic heterocycles. The van der Waals surface area contributed by atoms with E-state index in [-0.39, 0.29) is 11.5 Å². The Bertz CT molecular complexity index is 448. The van der Waals surface area contributed by atoms with Gasteiger partial charge in [-0.2, -0.15) is 5.26 Å². The van der Waals surface area contributed by atoms with Gasteiger partial charge in [-0.3, -0.25) is 4.79 Å². The van der Waals surface area contributed by atoms with Crippen molar-refractivity contribution < 1.29 is 14.7 Å². The lowest BCUT2D eigenvalue weighted by Crippen LogP contribution is -2.43. The molecule has 3 N–H and O–H groups in total. The fraction of sp³-hybridized carbons (Fsp3) is 0.643. The molecule has 7 nitrogen and oxygen atoms in total. The van der Waals surface area contributed by atoms with Crippen molar-refractivity contribution in [3.05, 3.63) is 11.8 Å². The molecule has 1 atom stereocenters. The molecule has 0 aromatic carbocycles. The number of piperazine rings is 1. The molecule has 0 aromatic heterocycles. The molecule has 0 aromatic rings. The zero-order valence-corrected chi connectivity index (χ0v) is 12.4. The predicted octanol–water partition coefficient (Wildman–Crippen LogP) is -0.0854. The highest BCUT2D eigenvalue weighted by Gasteiger charge is 2.23. The maximum Gasteiger partial charge on any atom is 0.326 e. The number of carboxylic acid groups (broad SMARTS) is 1. The Hall–Kier alpha value is -2.07. The van der Waals surface area contributed by atoms with Crippen LogP contribution >= 0.6 is 0 Å². The molecule has 1 rings (SSSR count). The van der Waals surface area contributed by atoms with Gasteiger partial charge in [0.05, 0.1) is 0 Å². The third-order valence-corrected chi connectivity index (χ3v) is 3.14. The molecule has 116 valence electrons. The fourth-order valence-corrected chi connectivity index (χ4v) is 2.06. The average molecular weight is 294 g/mol. The summed E-state index contributed by atoms with van der Waals surface area (Å²) in [6.07, 6.45) is 1.83. The third-order valence-electron chi connectivity index (χ3n) is 3.14. The van der Waals surface area contributed by atoms with Crippen molar-refractivity contribution in [1.82, 2.24) is 15.5 Å². The smallest absolute Gasteiger partial charge is 0.326 e. The van der Waals surface area contributed by atoms with Crippen molar-refractivity contribution in [2.45, 2.75) is 26.3 Å². The summed E-state index contributed by atoms with van der Waals surface area (Å²) in [5.74, 6) is -1.59. The lowest BCUT2D eigenvalue weighted by atomic mass is 10.0. The number of nitriles is 1. The van der Waals surface area contributed by atoms with Crippen LogP contribution in [0.5, 0.6) is 0 Å². The van der Waals surface area contributed by atoms with Gasteiger partial charge in [0.15, 0.2) is 0 Å². The number of aliphatic carboxylic acids is 1. The van der Waals surface area contributed by atoms with Crippen LogP contribution in [-0.2, 0) is 9.59 Å². The molecular weight excluding hydrogens is 272 g/mol. The summed E-state index contributed by atoms with van der Waals surface area (Å²) in [5, 5.41) is 23.8. The first-order chi connectivity index (χ1) is 9.93. The van der Waals surface area contributed by atoms with E-state index in [1.54, 1.807) is 0 Å². The topological polar surface area (TPSA) is 105 Å². The van der Waals surface area contributed by atoms with Gasteiger partial charge >= 0.3 is 5.97 Å².